The Hall–Kier alpha value is -0.550. The van der Waals surface area contributed by atoms with E-state index in [2.05, 4.69) is 28.1 Å². The van der Waals surface area contributed by atoms with Gasteiger partial charge in [-0.3, -0.25) is 0 Å². The molecule has 0 heterocycles. The number of benzene rings is 1. The van der Waals surface area contributed by atoms with Crippen LogP contribution in [0.15, 0.2) is 16.6 Å². The van der Waals surface area contributed by atoms with Crippen molar-refractivity contribution in [1.29, 1.82) is 0 Å². The van der Waals surface area contributed by atoms with E-state index in [0.29, 0.717) is 5.56 Å². The van der Waals surface area contributed by atoms with Gasteiger partial charge in [0.25, 0.3) is 0 Å². The summed E-state index contributed by atoms with van der Waals surface area (Å²) in [7, 11) is 0. The summed E-state index contributed by atoms with van der Waals surface area (Å²) in [6, 6.07) is 2.30. The van der Waals surface area contributed by atoms with Gasteiger partial charge in [-0.25, -0.2) is 8.78 Å². The van der Waals surface area contributed by atoms with E-state index in [-0.39, 0.29) is 9.46 Å². The van der Waals surface area contributed by atoms with Crippen LogP contribution in [0.1, 0.15) is 5.56 Å². The highest BCUT2D eigenvalue weighted by Gasteiger charge is 2.11. The van der Waals surface area contributed by atoms with Crippen LogP contribution in [0.4, 0.5) is 8.78 Å². The molecule has 1 aromatic carbocycles. The molecule has 0 unspecified atom stereocenters. The van der Waals surface area contributed by atoms with E-state index in [0.717, 1.165) is 6.07 Å². The molecule has 0 aliphatic rings. The van der Waals surface area contributed by atoms with Crippen LogP contribution in [0.25, 0.3) is 0 Å². The molecule has 0 aliphatic heterocycles. The molecule has 64 valence electrons. The minimum absolute atomic E-state index is 0.0285. The van der Waals surface area contributed by atoms with Crippen molar-refractivity contribution in [1.82, 2.24) is 0 Å². The summed E-state index contributed by atoms with van der Waals surface area (Å²) < 4.78 is 25.3. The first-order chi connectivity index (χ1) is 5.54. The smallest absolute Gasteiger partial charge is 0.173 e. The first-order valence-electron chi connectivity index (χ1n) is 2.97. The Morgan fingerprint density at radius 1 is 1.42 bits per heavy atom. The Morgan fingerprint density at radius 2 is 2.00 bits per heavy atom. The molecule has 0 spiro atoms. The highest BCUT2D eigenvalue weighted by atomic mass is 79.9. The first-order valence-corrected chi connectivity index (χ1v) is 4.17. The molecule has 0 aliphatic carbocycles. The average Bonchev–Trinajstić information content (AvgIpc) is 2.00. The predicted octanol–water partition coefficient (Wildman–Crippen LogP) is 2.36. The van der Waals surface area contributed by atoms with Crippen molar-refractivity contribution < 1.29 is 8.78 Å². The SMILES string of the molecule is NC(=S)c1ccc(F)c(F)c1Br. The van der Waals surface area contributed by atoms with Crippen LogP contribution in [-0.4, -0.2) is 4.99 Å². The molecule has 0 saturated heterocycles. The number of rotatable bonds is 1. The summed E-state index contributed by atoms with van der Waals surface area (Å²) in [6.45, 7) is 0. The van der Waals surface area contributed by atoms with Gasteiger partial charge in [-0.05, 0) is 28.1 Å². The Labute approximate surface area is 81.7 Å². The maximum Gasteiger partial charge on any atom is 0.173 e. The summed E-state index contributed by atoms with van der Waals surface area (Å²) in [5, 5.41) is 0. The fourth-order valence-electron chi connectivity index (χ4n) is 0.716. The van der Waals surface area contributed by atoms with Crippen LogP contribution in [0.5, 0.6) is 0 Å². The topological polar surface area (TPSA) is 26.0 Å². The van der Waals surface area contributed by atoms with Gasteiger partial charge in [0.05, 0.1) is 4.47 Å². The van der Waals surface area contributed by atoms with Crippen molar-refractivity contribution in [2.24, 2.45) is 5.73 Å². The maximum atomic E-state index is 12.8. The lowest BCUT2D eigenvalue weighted by Gasteiger charge is -2.02. The van der Waals surface area contributed by atoms with Crippen LogP contribution < -0.4 is 5.73 Å². The Morgan fingerprint density at radius 3 is 2.50 bits per heavy atom. The van der Waals surface area contributed by atoms with E-state index in [1.54, 1.807) is 0 Å². The van der Waals surface area contributed by atoms with E-state index in [9.17, 15) is 8.78 Å². The van der Waals surface area contributed by atoms with Crippen LogP contribution in [0, 0.1) is 11.6 Å². The van der Waals surface area contributed by atoms with Gasteiger partial charge >= 0.3 is 0 Å². The Bertz CT molecular complexity index is 340. The molecule has 0 atom stereocenters. The van der Waals surface area contributed by atoms with Gasteiger partial charge in [-0.2, -0.15) is 0 Å². The molecular weight excluding hydrogens is 248 g/mol. The normalized spacial score (nSPS) is 9.92. The van der Waals surface area contributed by atoms with E-state index in [1.807, 2.05) is 0 Å². The van der Waals surface area contributed by atoms with Crippen LogP contribution in [-0.2, 0) is 0 Å². The van der Waals surface area contributed by atoms with Crippen molar-refractivity contribution in [2.75, 3.05) is 0 Å². The Balaban J connectivity index is 3.36. The van der Waals surface area contributed by atoms with E-state index in [4.69, 9.17) is 5.73 Å². The molecule has 5 heteroatoms. The second kappa shape index (κ2) is 3.45. The van der Waals surface area contributed by atoms with Crippen LogP contribution in [0.2, 0.25) is 0 Å². The molecule has 2 N–H and O–H groups in total. The third-order valence-corrected chi connectivity index (χ3v) is 2.30. The molecule has 0 saturated carbocycles. The summed E-state index contributed by atoms with van der Waals surface area (Å²) in [5.41, 5.74) is 5.54. The first kappa shape index (κ1) is 9.54. The number of hydrogen-bond acceptors (Lipinski definition) is 1. The monoisotopic (exact) mass is 251 g/mol. The van der Waals surface area contributed by atoms with Crippen molar-refractivity contribution in [2.45, 2.75) is 0 Å². The third kappa shape index (κ3) is 1.61. The van der Waals surface area contributed by atoms with Gasteiger partial charge in [0.15, 0.2) is 11.6 Å². The number of thiocarbonyl (C=S) groups is 1. The zero-order chi connectivity index (χ0) is 9.30. The maximum absolute atomic E-state index is 12.8. The number of hydrogen-bond donors (Lipinski definition) is 1. The number of halogens is 3. The van der Waals surface area contributed by atoms with E-state index in [1.165, 1.54) is 6.07 Å². The Kier molecular flexibility index (Phi) is 2.74. The van der Waals surface area contributed by atoms with Crippen LogP contribution >= 0.6 is 28.1 Å². The summed E-state index contributed by atoms with van der Waals surface area (Å²) in [5.74, 6) is -1.90. The second-order valence-corrected chi connectivity index (χ2v) is 3.32. The lowest BCUT2D eigenvalue weighted by Crippen LogP contribution is -2.11. The molecule has 0 radical (unpaired) electrons. The standard InChI is InChI=1S/C7H4BrF2NS/c8-5-3(7(11)12)1-2-4(9)6(5)10/h1-2H,(H2,11,12). The van der Waals surface area contributed by atoms with Gasteiger partial charge in [-0.1, -0.05) is 12.2 Å². The minimum atomic E-state index is -0.972. The van der Waals surface area contributed by atoms with E-state index < -0.39 is 11.6 Å². The summed E-state index contributed by atoms with van der Waals surface area (Å²) in [6.07, 6.45) is 0. The highest BCUT2D eigenvalue weighted by molar-refractivity contribution is 9.10. The molecule has 12 heavy (non-hydrogen) atoms. The fourth-order valence-corrected chi connectivity index (χ4v) is 1.55. The molecule has 1 nitrogen and oxygen atoms in total. The fraction of sp³-hybridized carbons (Fsp3) is 0. The summed E-state index contributed by atoms with van der Waals surface area (Å²) in [4.78, 5) is 0.0285. The molecule has 0 bridgehead atoms. The third-order valence-electron chi connectivity index (χ3n) is 1.30. The molecule has 0 amide bonds. The molecule has 0 fully saturated rings. The molecule has 1 aromatic rings. The largest absolute Gasteiger partial charge is 0.389 e. The molecular formula is C7H4BrF2NS. The van der Waals surface area contributed by atoms with Gasteiger partial charge < -0.3 is 5.73 Å². The van der Waals surface area contributed by atoms with Gasteiger partial charge in [0.2, 0.25) is 0 Å². The lowest BCUT2D eigenvalue weighted by atomic mass is 10.2. The average molecular weight is 252 g/mol. The van der Waals surface area contributed by atoms with Crippen molar-refractivity contribution in [3.05, 3.63) is 33.8 Å². The van der Waals surface area contributed by atoms with Crippen LogP contribution in [0.3, 0.4) is 0 Å². The van der Waals surface area contributed by atoms with Crippen molar-refractivity contribution in [3.8, 4) is 0 Å². The quantitative estimate of drug-likeness (QED) is 0.613. The summed E-state index contributed by atoms with van der Waals surface area (Å²) >= 11 is 7.46. The molecule has 0 aromatic heterocycles. The molecule has 1 rings (SSSR count). The lowest BCUT2D eigenvalue weighted by molar-refractivity contribution is 0.504. The van der Waals surface area contributed by atoms with Crippen molar-refractivity contribution in [3.63, 3.8) is 0 Å². The highest BCUT2D eigenvalue weighted by Crippen LogP contribution is 2.22. The van der Waals surface area contributed by atoms with E-state index >= 15 is 0 Å². The zero-order valence-electron chi connectivity index (χ0n) is 5.77. The minimum Gasteiger partial charge on any atom is -0.389 e. The zero-order valence-corrected chi connectivity index (χ0v) is 8.18. The van der Waals surface area contributed by atoms with Gasteiger partial charge in [0, 0.05) is 5.56 Å². The predicted molar refractivity (Wildman–Crippen MR) is 49.9 cm³/mol. The second-order valence-electron chi connectivity index (χ2n) is 2.09. The van der Waals surface area contributed by atoms with Gasteiger partial charge in [0.1, 0.15) is 4.99 Å². The van der Waals surface area contributed by atoms with Crippen molar-refractivity contribution >= 4 is 33.1 Å². The van der Waals surface area contributed by atoms with Gasteiger partial charge in [-0.15, -0.1) is 0 Å². The number of nitrogens with two attached hydrogens (primary N) is 1.